The molecule has 0 aromatic heterocycles. The zero-order valence-electron chi connectivity index (χ0n) is 14.9. The van der Waals surface area contributed by atoms with Gasteiger partial charge in [0.25, 0.3) is 0 Å². The Kier molecular flexibility index (Phi) is 5.36. The lowest BCUT2D eigenvalue weighted by atomic mass is 9.82. The lowest BCUT2D eigenvalue weighted by Gasteiger charge is -2.24. The predicted molar refractivity (Wildman–Crippen MR) is 94.5 cm³/mol. The third kappa shape index (κ3) is 3.28. The normalized spacial score (nSPS) is 32.7. The van der Waals surface area contributed by atoms with E-state index in [-0.39, 0.29) is 5.75 Å². The fourth-order valence-corrected chi connectivity index (χ4v) is 5.91. The largest absolute Gasteiger partial charge is 0.374 e. The summed E-state index contributed by atoms with van der Waals surface area (Å²) in [5.41, 5.74) is 0. The first kappa shape index (κ1) is 17.9. The number of nitrogens with zero attached hydrogens (tertiary/aromatic N) is 3. The molecule has 3 aliphatic rings. The van der Waals surface area contributed by atoms with Crippen LogP contribution in [-0.4, -0.2) is 81.3 Å². The van der Waals surface area contributed by atoms with E-state index in [1.807, 2.05) is 13.8 Å². The van der Waals surface area contributed by atoms with Crippen LogP contribution in [0.5, 0.6) is 0 Å². The van der Waals surface area contributed by atoms with Crippen LogP contribution < -0.4 is 5.32 Å². The maximum absolute atomic E-state index is 12.3. The Balaban J connectivity index is 1.52. The summed E-state index contributed by atoms with van der Waals surface area (Å²) in [7, 11) is -1.43. The highest BCUT2D eigenvalue weighted by Crippen LogP contribution is 2.47. The maximum atomic E-state index is 12.3. The van der Waals surface area contributed by atoms with Gasteiger partial charge in [-0.2, -0.15) is 0 Å². The van der Waals surface area contributed by atoms with Gasteiger partial charge in [0, 0.05) is 51.6 Å². The summed E-state index contributed by atoms with van der Waals surface area (Å²) in [6, 6.07) is 0. The first-order valence-corrected chi connectivity index (χ1v) is 10.7. The van der Waals surface area contributed by atoms with Crippen molar-refractivity contribution in [1.82, 2.24) is 14.5 Å². The molecule has 138 valence electrons. The fraction of sp³-hybridized carbons (Fsp3) is 0.938. The van der Waals surface area contributed by atoms with E-state index in [1.54, 1.807) is 7.05 Å². The lowest BCUT2D eigenvalue weighted by molar-refractivity contribution is 0.0767. The minimum absolute atomic E-state index is 0.1000. The van der Waals surface area contributed by atoms with Crippen LogP contribution in [0.3, 0.4) is 0 Å². The van der Waals surface area contributed by atoms with Crippen LogP contribution in [0, 0.1) is 11.8 Å². The van der Waals surface area contributed by atoms with E-state index >= 15 is 0 Å². The summed E-state index contributed by atoms with van der Waals surface area (Å²) in [6.45, 7) is 7.10. The van der Waals surface area contributed by atoms with Crippen molar-refractivity contribution in [1.29, 1.82) is 0 Å². The Labute approximate surface area is 145 Å². The quantitative estimate of drug-likeness (QED) is 0.548. The molecule has 1 N–H and O–H groups in total. The van der Waals surface area contributed by atoms with Crippen molar-refractivity contribution < 1.29 is 13.2 Å². The summed E-state index contributed by atoms with van der Waals surface area (Å²) in [5, 5.41) is 3.24. The highest BCUT2D eigenvalue weighted by molar-refractivity contribution is 7.89. The molecule has 7 nitrogen and oxygen atoms in total. The van der Waals surface area contributed by atoms with Crippen LogP contribution >= 0.6 is 0 Å². The Morgan fingerprint density at radius 3 is 2.29 bits per heavy atom. The predicted octanol–water partition coefficient (Wildman–Crippen LogP) is 0.343. The molecule has 3 saturated heterocycles. The number of sulfonamides is 1. The van der Waals surface area contributed by atoms with E-state index in [4.69, 9.17) is 4.74 Å². The highest BCUT2D eigenvalue weighted by atomic mass is 32.2. The number of fused-ring (bicyclic) bond motifs is 5. The monoisotopic (exact) mass is 358 g/mol. The van der Waals surface area contributed by atoms with E-state index in [2.05, 4.69) is 15.2 Å². The number of rotatable bonds is 6. The Hall–Kier alpha value is -0.860. The zero-order chi connectivity index (χ0) is 17.3. The van der Waals surface area contributed by atoms with Gasteiger partial charge in [0.05, 0.1) is 18.0 Å². The Morgan fingerprint density at radius 2 is 1.79 bits per heavy atom. The number of hydrogen-bond acceptors (Lipinski definition) is 4. The first-order valence-electron chi connectivity index (χ1n) is 9.09. The molecule has 0 spiro atoms. The second-order valence-electron chi connectivity index (χ2n) is 6.90. The number of guanidine groups is 1. The molecule has 3 aliphatic heterocycles. The third-order valence-corrected chi connectivity index (χ3v) is 7.73. The smallest absolute Gasteiger partial charge is 0.215 e. The average Bonchev–Trinajstić information content (AvgIpc) is 3.24. The van der Waals surface area contributed by atoms with Crippen molar-refractivity contribution in [3.8, 4) is 0 Å². The van der Waals surface area contributed by atoms with Crippen LogP contribution in [0.2, 0.25) is 0 Å². The minimum Gasteiger partial charge on any atom is -0.374 e. The van der Waals surface area contributed by atoms with Crippen molar-refractivity contribution in [2.45, 2.75) is 38.9 Å². The van der Waals surface area contributed by atoms with E-state index in [0.717, 1.165) is 19.0 Å². The molecule has 3 rings (SSSR count). The average molecular weight is 359 g/mol. The third-order valence-electron chi connectivity index (χ3n) is 5.71. The molecule has 0 aromatic carbocycles. The molecular formula is C16H30N4O3S. The molecule has 0 aromatic rings. The molecule has 3 heterocycles. The molecule has 0 aliphatic carbocycles. The summed E-state index contributed by atoms with van der Waals surface area (Å²) in [4.78, 5) is 6.63. The first-order chi connectivity index (χ1) is 11.5. The molecular weight excluding hydrogens is 328 g/mol. The van der Waals surface area contributed by atoms with Gasteiger partial charge in [-0.15, -0.1) is 0 Å². The Morgan fingerprint density at radius 1 is 1.21 bits per heavy atom. The standard InChI is InChI=1S/C16H30N4O3S/c1-4-20(5-2)24(21,22)9-8-18-16(17-3)19-10-12-13(11-19)15-7-6-14(12)23-15/h12-15H,4-11H2,1-3H3,(H,17,18). The van der Waals surface area contributed by atoms with Gasteiger partial charge in [-0.1, -0.05) is 13.8 Å². The van der Waals surface area contributed by atoms with Crippen LogP contribution in [0.15, 0.2) is 4.99 Å². The van der Waals surface area contributed by atoms with Crippen LogP contribution in [-0.2, 0) is 14.8 Å². The van der Waals surface area contributed by atoms with Crippen molar-refractivity contribution in [3.05, 3.63) is 0 Å². The topological polar surface area (TPSA) is 74.2 Å². The molecule has 0 amide bonds. The molecule has 24 heavy (non-hydrogen) atoms. The van der Waals surface area contributed by atoms with Gasteiger partial charge < -0.3 is 15.0 Å². The van der Waals surface area contributed by atoms with Gasteiger partial charge in [0.2, 0.25) is 10.0 Å². The SMILES string of the molecule is CCN(CC)S(=O)(=O)CCNC(=NC)N1CC2C3CCC(O3)C2C1. The maximum Gasteiger partial charge on any atom is 0.215 e. The summed E-state index contributed by atoms with van der Waals surface area (Å²) in [6.07, 6.45) is 3.22. The number of aliphatic imine (C=N–C) groups is 1. The highest BCUT2D eigenvalue weighted by Gasteiger charge is 2.53. The second kappa shape index (κ2) is 7.17. The fourth-order valence-electron chi connectivity index (χ4n) is 4.50. The van der Waals surface area contributed by atoms with Gasteiger partial charge in [-0.3, -0.25) is 4.99 Å². The van der Waals surface area contributed by atoms with E-state index < -0.39 is 10.0 Å². The molecule has 4 atom stereocenters. The van der Waals surface area contributed by atoms with Gasteiger partial charge in [0.15, 0.2) is 5.96 Å². The number of ether oxygens (including phenoxy) is 1. The van der Waals surface area contributed by atoms with Gasteiger partial charge in [-0.25, -0.2) is 12.7 Å². The van der Waals surface area contributed by atoms with E-state index in [1.165, 1.54) is 17.1 Å². The van der Waals surface area contributed by atoms with Gasteiger partial charge >= 0.3 is 0 Å². The summed E-state index contributed by atoms with van der Waals surface area (Å²) < 4.78 is 32.0. The Bertz CT molecular complexity index is 558. The van der Waals surface area contributed by atoms with E-state index in [9.17, 15) is 8.42 Å². The lowest BCUT2D eigenvalue weighted by Crippen LogP contribution is -2.44. The van der Waals surface area contributed by atoms with Crippen molar-refractivity contribution in [2.24, 2.45) is 16.8 Å². The molecule has 3 fully saturated rings. The molecule has 8 heteroatoms. The molecule has 0 radical (unpaired) electrons. The molecule has 0 saturated carbocycles. The van der Waals surface area contributed by atoms with Gasteiger partial charge in [0.1, 0.15) is 0 Å². The van der Waals surface area contributed by atoms with Crippen molar-refractivity contribution in [2.75, 3.05) is 45.5 Å². The number of nitrogens with one attached hydrogen (secondary N) is 1. The summed E-state index contributed by atoms with van der Waals surface area (Å²) >= 11 is 0. The van der Waals surface area contributed by atoms with Gasteiger partial charge in [-0.05, 0) is 12.8 Å². The van der Waals surface area contributed by atoms with Crippen molar-refractivity contribution >= 4 is 16.0 Å². The van der Waals surface area contributed by atoms with Crippen LogP contribution in [0.1, 0.15) is 26.7 Å². The number of hydrogen-bond donors (Lipinski definition) is 1. The minimum atomic E-state index is -3.20. The number of likely N-dealkylation sites (tertiary alicyclic amines) is 1. The van der Waals surface area contributed by atoms with Crippen LogP contribution in [0.25, 0.3) is 0 Å². The second-order valence-corrected chi connectivity index (χ2v) is 8.99. The molecule has 2 bridgehead atoms. The van der Waals surface area contributed by atoms with E-state index in [0.29, 0.717) is 43.7 Å². The van der Waals surface area contributed by atoms with Crippen LogP contribution in [0.4, 0.5) is 0 Å². The van der Waals surface area contributed by atoms with Crippen molar-refractivity contribution in [3.63, 3.8) is 0 Å². The summed E-state index contributed by atoms with van der Waals surface area (Å²) in [5.74, 6) is 2.14. The molecule has 4 unspecified atom stereocenters. The zero-order valence-corrected chi connectivity index (χ0v) is 15.8.